The molecule has 36 heavy (non-hydrogen) atoms. The Morgan fingerprint density at radius 1 is 1.14 bits per heavy atom. The van der Waals surface area contributed by atoms with E-state index in [1.165, 1.54) is 17.5 Å². The molecule has 2 unspecified atom stereocenters. The number of rotatable bonds is 14. The van der Waals surface area contributed by atoms with Crippen molar-refractivity contribution < 1.29 is 29.3 Å². The predicted octanol–water partition coefficient (Wildman–Crippen LogP) is 6.53. The highest BCUT2D eigenvalue weighted by Gasteiger charge is 2.52. The van der Waals surface area contributed by atoms with Crippen LogP contribution < -0.4 is 4.74 Å². The maximum Gasteiger partial charge on any atom is 0.303 e. The molecule has 1 aliphatic carbocycles. The van der Waals surface area contributed by atoms with Gasteiger partial charge in [0.1, 0.15) is 16.8 Å². The zero-order valence-electron chi connectivity index (χ0n) is 21.9. The fourth-order valence-corrected chi connectivity index (χ4v) is 7.31. The fraction of sp³-hybridized carbons (Fsp3) is 0.714. The number of hydrogen-bond acceptors (Lipinski definition) is 6. The van der Waals surface area contributed by atoms with Crippen molar-refractivity contribution in [3.05, 3.63) is 29.3 Å². The number of ether oxygens (including phenoxy) is 2. The zero-order valence-corrected chi connectivity index (χ0v) is 23.6. The molecule has 1 fully saturated rings. The Balaban J connectivity index is 1.89. The smallest absolute Gasteiger partial charge is 0.303 e. The van der Waals surface area contributed by atoms with E-state index in [1.807, 2.05) is 0 Å². The number of carboxylic acid groups (broad SMARTS) is 2. The van der Waals surface area contributed by atoms with Gasteiger partial charge in [0, 0.05) is 17.6 Å². The van der Waals surface area contributed by atoms with Gasteiger partial charge in [-0.1, -0.05) is 26.0 Å². The van der Waals surface area contributed by atoms with Crippen molar-refractivity contribution in [2.45, 2.75) is 118 Å². The van der Waals surface area contributed by atoms with Crippen LogP contribution in [0.3, 0.4) is 0 Å². The van der Waals surface area contributed by atoms with E-state index in [-0.39, 0.29) is 36.5 Å². The summed E-state index contributed by atoms with van der Waals surface area (Å²) in [6.45, 7) is 6.84. The highest BCUT2D eigenvalue weighted by atomic mass is 32.2. The van der Waals surface area contributed by atoms with Crippen molar-refractivity contribution in [3.63, 3.8) is 0 Å². The minimum atomic E-state index is -0.906. The molecule has 0 amide bonds. The molecule has 1 aromatic rings. The molecular formula is C28H42O6S2. The van der Waals surface area contributed by atoms with E-state index in [1.54, 1.807) is 11.8 Å². The molecule has 1 aliphatic heterocycles. The molecule has 2 N–H and O–H groups in total. The average molecular weight is 539 g/mol. The van der Waals surface area contributed by atoms with Crippen LogP contribution in [0.15, 0.2) is 18.2 Å². The summed E-state index contributed by atoms with van der Waals surface area (Å²) < 4.78 is 12.6. The number of aryl methyl sites for hydroxylation is 1. The third-order valence-electron chi connectivity index (χ3n) is 7.97. The summed E-state index contributed by atoms with van der Waals surface area (Å²) in [4.78, 5) is 21.9. The number of fused-ring (bicyclic) bond motifs is 1. The van der Waals surface area contributed by atoms with Gasteiger partial charge in [-0.15, -0.1) is 11.8 Å². The van der Waals surface area contributed by atoms with Crippen molar-refractivity contribution >= 4 is 36.3 Å². The van der Waals surface area contributed by atoms with Gasteiger partial charge in [-0.05, 0) is 88.3 Å². The average Bonchev–Trinajstić information content (AvgIpc) is 3.22. The van der Waals surface area contributed by atoms with Gasteiger partial charge in [0.25, 0.3) is 0 Å². The summed E-state index contributed by atoms with van der Waals surface area (Å²) in [7, 11) is 0. The minimum absolute atomic E-state index is 0.0637. The topological polar surface area (TPSA) is 93.1 Å². The highest BCUT2D eigenvalue weighted by molar-refractivity contribution is 8.02. The third-order valence-corrected chi connectivity index (χ3v) is 10.6. The fourth-order valence-electron chi connectivity index (χ4n) is 5.39. The number of thioether (sulfide) groups is 1. The predicted molar refractivity (Wildman–Crippen MR) is 147 cm³/mol. The first kappa shape index (κ1) is 29.2. The van der Waals surface area contributed by atoms with Crippen LogP contribution in [0.2, 0.25) is 0 Å². The summed E-state index contributed by atoms with van der Waals surface area (Å²) in [6, 6.07) is 6.33. The molecule has 1 aromatic carbocycles. The van der Waals surface area contributed by atoms with E-state index >= 15 is 0 Å². The van der Waals surface area contributed by atoms with Gasteiger partial charge in [-0.3, -0.25) is 9.59 Å². The third kappa shape index (κ3) is 7.35. The molecule has 6 nitrogen and oxygen atoms in total. The van der Waals surface area contributed by atoms with Crippen LogP contribution >= 0.6 is 24.4 Å². The minimum Gasteiger partial charge on any atom is -0.489 e. The summed E-state index contributed by atoms with van der Waals surface area (Å²) >= 11 is 6.57. The van der Waals surface area contributed by atoms with Gasteiger partial charge >= 0.3 is 11.9 Å². The van der Waals surface area contributed by atoms with E-state index in [2.05, 4.69) is 39.0 Å². The van der Waals surface area contributed by atoms with Gasteiger partial charge in [0.15, 0.2) is 0 Å². The van der Waals surface area contributed by atoms with Crippen LogP contribution in [0, 0.1) is 0 Å². The van der Waals surface area contributed by atoms with E-state index in [0.717, 1.165) is 50.7 Å². The zero-order chi connectivity index (χ0) is 26.4. The second-order valence-corrected chi connectivity index (χ2v) is 13.4. The van der Waals surface area contributed by atoms with Crippen LogP contribution in [-0.4, -0.2) is 49.3 Å². The Kier molecular flexibility index (Phi) is 10.1. The van der Waals surface area contributed by atoms with E-state index in [0.29, 0.717) is 6.61 Å². The van der Waals surface area contributed by atoms with E-state index in [9.17, 15) is 19.8 Å². The Morgan fingerprint density at radius 2 is 1.78 bits per heavy atom. The molecule has 1 saturated heterocycles. The second-order valence-electron chi connectivity index (χ2n) is 10.6. The van der Waals surface area contributed by atoms with Crippen molar-refractivity contribution in [2.75, 3.05) is 6.61 Å². The lowest BCUT2D eigenvalue weighted by atomic mass is 9.89. The number of carbonyl (C=O) groups is 2. The summed E-state index contributed by atoms with van der Waals surface area (Å²) in [5.41, 5.74) is 2.66. The molecule has 2 aliphatic rings. The van der Waals surface area contributed by atoms with Gasteiger partial charge in [-0.2, -0.15) is 12.6 Å². The van der Waals surface area contributed by atoms with Gasteiger partial charge in [0.2, 0.25) is 0 Å². The van der Waals surface area contributed by atoms with Crippen molar-refractivity contribution in [3.8, 4) is 5.75 Å². The van der Waals surface area contributed by atoms with Crippen LogP contribution in [0.5, 0.6) is 5.75 Å². The van der Waals surface area contributed by atoms with Crippen LogP contribution in [0.4, 0.5) is 0 Å². The van der Waals surface area contributed by atoms with E-state index in [4.69, 9.17) is 22.1 Å². The molecule has 3 rings (SSSR count). The normalized spacial score (nSPS) is 22.1. The van der Waals surface area contributed by atoms with Crippen LogP contribution in [0.25, 0.3) is 0 Å². The molecule has 2 atom stereocenters. The number of carboxylic acids is 2. The molecular weight excluding hydrogens is 496 g/mol. The summed E-state index contributed by atoms with van der Waals surface area (Å²) in [5, 5.41) is 18.7. The first-order valence-electron chi connectivity index (χ1n) is 13.3. The van der Waals surface area contributed by atoms with Crippen LogP contribution in [0.1, 0.15) is 96.1 Å². The SMILES string of the molecule is CCC(S)(CC)CCC(Oc1cccc2c1CCCC2)C1(C)COC(CCC(=O)O)(CCC(=O)O)S1. The Morgan fingerprint density at radius 3 is 2.39 bits per heavy atom. The molecule has 8 heteroatoms. The number of aliphatic carboxylic acids is 2. The van der Waals surface area contributed by atoms with Gasteiger partial charge in [-0.25, -0.2) is 0 Å². The standard InChI is InChI=1S/C28H42O6S2/c1-4-27(35,5-2)16-13-23(34-22-12-8-10-20-9-6-7-11-21(20)22)26(3)19-33-28(36-26,17-14-24(29)30)18-15-25(31)32/h8,10,12,23,35H,4-7,9,11,13-19H2,1-3H3,(H,29,30)(H,31,32). The van der Waals surface area contributed by atoms with E-state index < -0.39 is 21.6 Å². The molecule has 0 aromatic heterocycles. The molecule has 202 valence electrons. The Labute approximate surface area is 225 Å². The van der Waals surface area contributed by atoms with Crippen molar-refractivity contribution in [1.82, 2.24) is 0 Å². The Bertz CT molecular complexity index is 897. The quantitative estimate of drug-likeness (QED) is 0.232. The lowest BCUT2D eigenvalue weighted by molar-refractivity contribution is -0.138. The lowest BCUT2D eigenvalue weighted by Crippen LogP contribution is -2.43. The maximum atomic E-state index is 11.4. The maximum absolute atomic E-state index is 11.4. The molecule has 0 spiro atoms. The second kappa shape index (κ2) is 12.4. The number of benzene rings is 1. The van der Waals surface area contributed by atoms with Crippen molar-refractivity contribution in [1.29, 1.82) is 0 Å². The van der Waals surface area contributed by atoms with Crippen LogP contribution in [-0.2, 0) is 27.2 Å². The molecule has 1 heterocycles. The number of hydrogen-bond donors (Lipinski definition) is 3. The molecule has 0 bridgehead atoms. The largest absolute Gasteiger partial charge is 0.489 e. The first-order valence-corrected chi connectivity index (χ1v) is 14.6. The Hall–Kier alpha value is -1.38. The van der Waals surface area contributed by atoms with Gasteiger partial charge in [0.05, 0.1) is 11.4 Å². The van der Waals surface area contributed by atoms with Gasteiger partial charge < -0.3 is 19.7 Å². The number of thiol groups is 1. The molecule has 0 radical (unpaired) electrons. The summed E-state index contributed by atoms with van der Waals surface area (Å²) in [6.07, 6.45) is 8.26. The first-order chi connectivity index (χ1) is 17.0. The summed E-state index contributed by atoms with van der Waals surface area (Å²) in [5.74, 6) is -0.876. The lowest BCUT2D eigenvalue weighted by Gasteiger charge is -2.37. The molecule has 0 saturated carbocycles. The van der Waals surface area contributed by atoms with Crippen molar-refractivity contribution in [2.24, 2.45) is 0 Å². The highest BCUT2D eigenvalue weighted by Crippen LogP contribution is 2.53. The monoisotopic (exact) mass is 538 g/mol.